The number of halogens is 3. The van der Waals surface area contributed by atoms with Gasteiger partial charge in [0.2, 0.25) is 0 Å². The fraction of sp³-hybridized carbons (Fsp3) is 0.364. The van der Waals surface area contributed by atoms with Crippen LogP contribution in [0.4, 0.5) is 18.0 Å². The van der Waals surface area contributed by atoms with Gasteiger partial charge in [0.25, 0.3) is 0 Å². The van der Waals surface area contributed by atoms with Crippen molar-refractivity contribution >= 4 is 6.09 Å². The van der Waals surface area contributed by atoms with Crippen molar-refractivity contribution in [2.75, 3.05) is 6.61 Å². The Morgan fingerprint density at radius 2 is 1.94 bits per heavy atom. The molecule has 2 N–H and O–H groups in total. The lowest BCUT2D eigenvalue weighted by molar-refractivity contribution is -0.162. The maximum Gasteiger partial charge on any atom is 0.410 e. The van der Waals surface area contributed by atoms with Crippen molar-refractivity contribution < 1.29 is 27.8 Å². The molecule has 1 rings (SSSR count). The van der Waals surface area contributed by atoms with Crippen molar-refractivity contribution in [3.05, 3.63) is 35.9 Å². The number of ether oxygens (including phenoxy) is 1. The summed E-state index contributed by atoms with van der Waals surface area (Å²) >= 11 is 0. The number of carbonyl (C=O) groups excluding carboxylic acids is 1. The topological polar surface area (TPSA) is 58.6 Å². The Hall–Kier alpha value is -1.76. The monoisotopic (exact) mass is 263 g/mol. The van der Waals surface area contributed by atoms with Gasteiger partial charge in [0.1, 0.15) is 6.61 Å². The van der Waals surface area contributed by atoms with Gasteiger partial charge in [-0.25, -0.2) is 4.79 Å². The van der Waals surface area contributed by atoms with Gasteiger partial charge in [0.15, 0.2) is 6.04 Å². The summed E-state index contributed by atoms with van der Waals surface area (Å²) in [6, 6.07) is 6.20. The quantitative estimate of drug-likeness (QED) is 0.871. The largest absolute Gasteiger partial charge is 0.445 e. The highest BCUT2D eigenvalue weighted by atomic mass is 19.4. The van der Waals surface area contributed by atoms with E-state index in [4.69, 9.17) is 5.11 Å². The molecule has 4 nitrogen and oxygen atoms in total. The minimum atomic E-state index is -4.71. The van der Waals surface area contributed by atoms with Crippen LogP contribution >= 0.6 is 0 Å². The molecule has 0 bridgehead atoms. The van der Waals surface area contributed by atoms with E-state index in [1.54, 1.807) is 35.6 Å². The van der Waals surface area contributed by atoms with Crippen LogP contribution < -0.4 is 5.32 Å². The highest BCUT2D eigenvalue weighted by Crippen LogP contribution is 2.19. The zero-order valence-corrected chi connectivity index (χ0v) is 9.28. The number of alkyl carbamates (subject to hydrolysis) is 1. The summed E-state index contributed by atoms with van der Waals surface area (Å²) < 4.78 is 41.2. The molecule has 0 saturated heterocycles. The van der Waals surface area contributed by atoms with Crippen molar-refractivity contribution in [1.29, 1.82) is 0 Å². The van der Waals surface area contributed by atoms with Crippen molar-refractivity contribution in [2.45, 2.75) is 18.8 Å². The summed E-state index contributed by atoms with van der Waals surface area (Å²) in [6.45, 7) is -1.37. The molecule has 0 radical (unpaired) electrons. The molecule has 0 aliphatic rings. The second-order valence-electron chi connectivity index (χ2n) is 3.48. The molecule has 0 saturated carbocycles. The van der Waals surface area contributed by atoms with Crippen molar-refractivity contribution in [3.63, 3.8) is 0 Å². The molecule has 0 heterocycles. The Balaban J connectivity index is 2.42. The molecule has 1 amide bonds. The average Bonchev–Trinajstić information content (AvgIpc) is 2.33. The molecule has 18 heavy (non-hydrogen) atoms. The van der Waals surface area contributed by atoms with E-state index in [-0.39, 0.29) is 6.61 Å². The number of alkyl halides is 3. The van der Waals surface area contributed by atoms with Crippen molar-refractivity contribution in [2.24, 2.45) is 0 Å². The van der Waals surface area contributed by atoms with Gasteiger partial charge >= 0.3 is 12.3 Å². The zero-order valence-electron chi connectivity index (χ0n) is 9.28. The number of benzene rings is 1. The molecule has 0 aliphatic heterocycles. The minimum absolute atomic E-state index is 0.136. The van der Waals surface area contributed by atoms with Crippen molar-refractivity contribution in [3.8, 4) is 0 Å². The van der Waals surface area contributed by atoms with E-state index in [0.29, 0.717) is 5.56 Å². The van der Waals surface area contributed by atoms with E-state index in [1.165, 1.54) is 0 Å². The number of carbonyl (C=O) groups is 1. The molecule has 100 valence electrons. The first-order chi connectivity index (χ1) is 8.43. The zero-order chi connectivity index (χ0) is 13.6. The van der Waals surface area contributed by atoms with Crippen molar-refractivity contribution in [1.82, 2.24) is 5.32 Å². The van der Waals surface area contributed by atoms with E-state index < -0.39 is 24.9 Å². The first kappa shape index (κ1) is 14.3. The number of hydrogen-bond donors (Lipinski definition) is 2. The lowest BCUT2D eigenvalue weighted by Gasteiger charge is -2.18. The molecular formula is C11H12F3NO3. The number of aliphatic hydroxyl groups excluding tert-OH is 1. The lowest BCUT2D eigenvalue weighted by Crippen LogP contribution is -2.47. The SMILES string of the molecule is O=C(N[C@H](CO)C(F)(F)F)OCc1ccccc1. The van der Waals surface area contributed by atoms with Gasteiger partial charge in [0, 0.05) is 0 Å². The van der Waals surface area contributed by atoms with Crippen LogP contribution in [0.1, 0.15) is 5.56 Å². The number of aliphatic hydroxyl groups is 1. The molecule has 0 unspecified atom stereocenters. The number of hydrogen-bond acceptors (Lipinski definition) is 3. The summed E-state index contributed by atoms with van der Waals surface area (Å²) in [7, 11) is 0. The third kappa shape index (κ3) is 4.62. The average molecular weight is 263 g/mol. The van der Waals surface area contributed by atoms with Gasteiger partial charge < -0.3 is 15.2 Å². The normalized spacial score (nSPS) is 12.9. The predicted molar refractivity (Wildman–Crippen MR) is 56.7 cm³/mol. The number of rotatable bonds is 4. The molecule has 0 aromatic heterocycles. The van der Waals surface area contributed by atoms with E-state index in [2.05, 4.69) is 4.74 Å². The Labute approximate surface area is 101 Å². The van der Waals surface area contributed by atoms with Crippen LogP contribution in [-0.2, 0) is 11.3 Å². The van der Waals surface area contributed by atoms with Crippen LogP contribution in [0.5, 0.6) is 0 Å². The van der Waals surface area contributed by atoms with Crippen LogP contribution in [0.15, 0.2) is 30.3 Å². The summed E-state index contributed by atoms with van der Waals surface area (Å²) in [6.07, 6.45) is -5.93. The van der Waals surface area contributed by atoms with Crippen LogP contribution in [-0.4, -0.2) is 30.0 Å². The number of amides is 1. The first-order valence-corrected chi connectivity index (χ1v) is 5.08. The predicted octanol–water partition coefficient (Wildman–Crippen LogP) is 1.84. The summed E-state index contributed by atoms with van der Waals surface area (Å²) in [5.74, 6) is 0. The van der Waals surface area contributed by atoms with Crippen LogP contribution in [0.2, 0.25) is 0 Å². The molecule has 1 aromatic rings. The minimum Gasteiger partial charge on any atom is -0.445 e. The Morgan fingerprint density at radius 1 is 1.33 bits per heavy atom. The molecule has 1 aromatic carbocycles. The van der Waals surface area contributed by atoms with Crippen LogP contribution in [0, 0.1) is 0 Å². The van der Waals surface area contributed by atoms with Crippen LogP contribution in [0.3, 0.4) is 0 Å². The standard InChI is InChI=1S/C11H12F3NO3/c12-11(13,14)9(6-16)15-10(17)18-7-8-4-2-1-3-5-8/h1-5,9,16H,6-7H2,(H,15,17)/t9-/m1/s1. The molecule has 1 atom stereocenters. The van der Waals surface area contributed by atoms with Gasteiger partial charge in [-0.2, -0.15) is 13.2 Å². The van der Waals surface area contributed by atoms with E-state index in [1.807, 2.05) is 0 Å². The summed E-state index contributed by atoms with van der Waals surface area (Å²) in [4.78, 5) is 11.1. The van der Waals surface area contributed by atoms with E-state index in [9.17, 15) is 18.0 Å². The van der Waals surface area contributed by atoms with E-state index >= 15 is 0 Å². The van der Waals surface area contributed by atoms with Gasteiger partial charge in [-0.3, -0.25) is 0 Å². The molecule has 0 fully saturated rings. The Morgan fingerprint density at radius 3 is 2.44 bits per heavy atom. The molecule has 0 spiro atoms. The van der Waals surface area contributed by atoms with Gasteiger partial charge in [-0.05, 0) is 5.56 Å². The van der Waals surface area contributed by atoms with Gasteiger partial charge in [-0.1, -0.05) is 30.3 Å². The number of nitrogens with one attached hydrogen (secondary N) is 1. The smallest absolute Gasteiger partial charge is 0.410 e. The Kier molecular flexibility index (Phi) is 4.96. The lowest BCUT2D eigenvalue weighted by atomic mass is 10.2. The third-order valence-corrected chi connectivity index (χ3v) is 2.08. The molecular weight excluding hydrogens is 251 g/mol. The fourth-order valence-corrected chi connectivity index (χ4v) is 1.14. The Bertz CT molecular complexity index is 381. The summed E-state index contributed by atoms with van der Waals surface area (Å²) in [5, 5.41) is 10.0. The van der Waals surface area contributed by atoms with Gasteiger partial charge in [-0.15, -0.1) is 0 Å². The first-order valence-electron chi connectivity index (χ1n) is 5.08. The van der Waals surface area contributed by atoms with Gasteiger partial charge in [0.05, 0.1) is 6.61 Å². The maximum absolute atomic E-state index is 12.2. The fourth-order valence-electron chi connectivity index (χ4n) is 1.14. The second kappa shape index (κ2) is 6.25. The summed E-state index contributed by atoms with van der Waals surface area (Å²) in [5.41, 5.74) is 0.653. The maximum atomic E-state index is 12.2. The second-order valence-corrected chi connectivity index (χ2v) is 3.48. The van der Waals surface area contributed by atoms with E-state index in [0.717, 1.165) is 0 Å². The third-order valence-electron chi connectivity index (χ3n) is 2.08. The molecule has 0 aliphatic carbocycles. The molecule has 7 heteroatoms. The highest BCUT2D eigenvalue weighted by molar-refractivity contribution is 5.67. The highest BCUT2D eigenvalue weighted by Gasteiger charge is 2.40. The van der Waals surface area contributed by atoms with Crippen LogP contribution in [0.25, 0.3) is 0 Å².